The van der Waals surface area contributed by atoms with Crippen LogP contribution in [0.5, 0.6) is 0 Å². The molecule has 15 atom stereocenters. The Labute approximate surface area is 257 Å². The number of hydrogen-bond acceptors (Lipinski definition) is 7. The molecule has 5 rings (SSSR count). The van der Waals surface area contributed by atoms with Crippen LogP contribution in [0.25, 0.3) is 0 Å². The molecule has 8 nitrogen and oxygen atoms in total. The molecule has 4 aliphatic carbocycles. The molecule has 244 valence electrons. The maximum Gasteiger partial charge on any atom is 0.306 e. The van der Waals surface area contributed by atoms with E-state index in [1.54, 1.807) is 6.92 Å². The minimum atomic E-state index is -1.40. The van der Waals surface area contributed by atoms with Gasteiger partial charge >= 0.3 is 5.97 Å². The number of aliphatic hydroxyl groups is 4. The van der Waals surface area contributed by atoms with Crippen LogP contribution in [0.4, 0.5) is 0 Å². The van der Waals surface area contributed by atoms with Gasteiger partial charge in [0.25, 0.3) is 0 Å². The smallest absolute Gasteiger partial charge is 0.306 e. The lowest BCUT2D eigenvalue weighted by molar-refractivity contribution is -0.323. The Bertz CT molecular complexity index is 1090. The van der Waals surface area contributed by atoms with E-state index >= 15 is 0 Å². The minimum Gasteiger partial charge on any atom is -0.481 e. The maximum absolute atomic E-state index is 12.6. The van der Waals surface area contributed by atoms with Crippen LogP contribution >= 0.6 is 0 Å². The van der Waals surface area contributed by atoms with Gasteiger partial charge in [-0.3, -0.25) is 4.79 Å². The fraction of sp³-hybridized carbons (Fsp3) is 0.857. The van der Waals surface area contributed by atoms with Crippen molar-refractivity contribution < 1.29 is 39.8 Å². The average Bonchev–Trinajstić information content (AvgIpc) is 3.29. The molecule has 43 heavy (non-hydrogen) atoms. The predicted molar refractivity (Wildman–Crippen MR) is 163 cm³/mol. The molecule has 1 aliphatic heterocycles. The van der Waals surface area contributed by atoms with Gasteiger partial charge in [-0.1, -0.05) is 58.4 Å². The molecule has 5 N–H and O–H groups in total. The van der Waals surface area contributed by atoms with Crippen LogP contribution in [-0.4, -0.2) is 74.4 Å². The second-order valence-electron chi connectivity index (χ2n) is 15.6. The summed E-state index contributed by atoms with van der Waals surface area (Å²) < 4.78 is 11.9. The van der Waals surface area contributed by atoms with E-state index in [9.17, 15) is 30.3 Å². The van der Waals surface area contributed by atoms with Crippen molar-refractivity contribution >= 4 is 5.97 Å². The summed E-state index contributed by atoms with van der Waals surface area (Å²) in [7, 11) is 0. The van der Waals surface area contributed by atoms with Gasteiger partial charge in [0.15, 0.2) is 6.29 Å². The van der Waals surface area contributed by atoms with Crippen LogP contribution in [0, 0.1) is 52.3 Å². The third-order valence-electron chi connectivity index (χ3n) is 13.1. The van der Waals surface area contributed by atoms with E-state index in [-0.39, 0.29) is 34.5 Å². The first-order valence-corrected chi connectivity index (χ1v) is 16.7. The number of aliphatic hydroxyl groups excluding tert-OH is 4. The summed E-state index contributed by atoms with van der Waals surface area (Å²) in [6.45, 7) is 16.9. The highest BCUT2D eigenvalue weighted by Gasteiger charge is 2.62. The summed E-state index contributed by atoms with van der Waals surface area (Å²) in [6.07, 6.45) is 2.10. The van der Waals surface area contributed by atoms with Crippen molar-refractivity contribution in [3.05, 3.63) is 23.8 Å². The highest BCUT2D eigenvalue weighted by Crippen LogP contribution is 2.67. The Kier molecular flexibility index (Phi) is 9.34. The van der Waals surface area contributed by atoms with Crippen molar-refractivity contribution in [1.29, 1.82) is 0 Å². The monoisotopic (exact) mass is 604 g/mol. The van der Waals surface area contributed by atoms with Crippen molar-refractivity contribution in [2.75, 3.05) is 0 Å². The summed E-state index contributed by atoms with van der Waals surface area (Å²) in [6, 6.07) is 0. The molecule has 5 aliphatic rings. The molecule has 0 spiro atoms. The van der Waals surface area contributed by atoms with Gasteiger partial charge in [-0.25, -0.2) is 0 Å². The third-order valence-corrected chi connectivity index (χ3v) is 13.1. The molecule has 1 heterocycles. The van der Waals surface area contributed by atoms with Gasteiger partial charge in [0.1, 0.15) is 18.3 Å². The van der Waals surface area contributed by atoms with E-state index in [1.807, 2.05) is 0 Å². The Morgan fingerprint density at radius 1 is 1.05 bits per heavy atom. The maximum atomic E-state index is 12.6. The number of ether oxygens (including phenoxy) is 2. The van der Waals surface area contributed by atoms with E-state index in [0.29, 0.717) is 30.6 Å². The molecule has 4 fully saturated rings. The zero-order chi connectivity index (χ0) is 31.6. The largest absolute Gasteiger partial charge is 0.481 e. The molecule has 1 saturated heterocycles. The second-order valence-corrected chi connectivity index (χ2v) is 15.6. The van der Waals surface area contributed by atoms with Gasteiger partial charge < -0.3 is 35.0 Å². The number of allylic oxidation sites excluding steroid dienone is 3. The number of fused-ring (bicyclic) bond motifs is 5. The Balaban J connectivity index is 1.34. The third kappa shape index (κ3) is 5.56. The molecule has 0 amide bonds. The molecule has 0 aromatic carbocycles. The van der Waals surface area contributed by atoms with Gasteiger partial charge in [0.05, 0.1) is 24.2 Å². The number of rotatable bonds is 8. The second kappa shape index (κ2) is 12.1. The fourth-order valence-corrected chi connectivity index (χ4v) is 10.4. The van der Waals surface area contributed by atoms with Gasteiger partial charge in [-0.2, -0.15) is 0 Å². The van der Waals surface area contributed by atoms with E-state index in [4.69, 9.17) is 9.47 Å². The highest BCUT2D eigenvalue weighted by atomic mass is 16.7. The quantitative estimate of drug-likeness (QED) is 0.252. The zero-order valence-electron chi connectivity index (χ0n) is 27.0. The predicted octanol–water partition coefficient (Wildman–Crippen LogP) is 4.69. The molecule has 0 bridgehead atoms. The van der Waals surface area contributed by atoms with Crippen molar-refractivity contribution in [2.45, 2.75) is 136 Å². The van der Waals surface area contributed by atoms with Crippen molar-refractivity contribution in [1.82, 2.24) is 0 Å². The van der Waals surface area contributed by atoms with Gasteiger partial charge in [-0.15, -0.1) is 0 Å². The summed E-state index contributed by atoms with van der Waals surface area (Å²) in [5.74, 6) is 0.422. The van der Waals surface area contributed by atoms with Crippen LogP contribution < -0.4 is 0 Å². The number of carboxylic acids is 1. The summed E-state index contributed by atoms with van der Waals surface area (Å²) >= 11 is 0. The van der Waals surface area contributed by atoms with Crippen molar-refractivity contribution in [3.8, 4) is 0 Å². The lowest BCUT2D eigenvalue weighted by Gasteiger charge is -2.60. The standard InChI is InChI=1S/C35H56O8/c1-17(2)18(3)8-9-22(32(40)41)25-13-12-24-21-10-11-23-19(4)31(43-33-30(39)29(38)28(37)20(5)42-33)27(36)16-35(23,7)26(21)14-15-34(24,25)6/h10,17,19-20,22-31,33,36-39H,3,8-9,11-16H2,1-2,4-7H3,(H,40,41)/t19-,20-,22+,23-,24-,25+,26-,27+,28-,29+,30-,31+,33-,34-,35-/m0/s1. The molecule has 0 radical (unpaired) electrons. The van der Waals surface area contributed by atoms with Gasteiger partial charge in [0, 0.05) is 0 Å². The highest BCUT2D eigenvalue weighted by molar-refractivity contribution is 5.70. The number of aliphatic carboxylic acids is 1. The summed E-state index contributed by atoms with van der Waals surface area (Å²) in [5.41, 5.74) is 2.44. The van der Waals surface area contributed by atoms with Gasteiger partial charge in [0.2, 0.25) is 0 Å². The first-order valence-electron chi connectivity index (χ1n) is 16.7. The minimum absolute atomic E-state index is 0.0169. The van der Waals surface area contributed by atoms with Crippen molar-refractivity contribution in [3.63, 3.8) is 0 Å². The summed E-state index contributed by atoms with van der Waals surface area (Å²) in [5, 5.41) is 52.8. The zero-order valence-corrected chi connectivity index (χ0v) is 27.0. The first kappa shape index (κ1) is 33.1. The molecular weight excluding hydrogens is 548 g/mol. The lowest BCUT2D eigenvalue weighted by Crippen LogP contribution is -2.61. The van der Waals surface area contributed by atoms with Crippen LogP contribution in [-0.2, 0) is 14.3 Å². The Hall–Kier alpha value is -1.29. The molecule has 0 aromatic heterocycles. The van der Waals surface area contributed by atoms with Crippen LogP contribution in [0.1, 0.15) is 92.9 Å². The Morgan fingerprint density at radius 3 is 2.37 bits per heavy atom. The molecule has 3 saturated carbocycles. The van der Waals surface area contributed by atoms with Crippen LogP contribution in [0.3, 0.4) is 0 Å². The van der Waals surface area contributed by atoms with Crippen LogP contribution in [0.15, 0.2) is 23.8 Å². The summed E-state index contributed by atoms with van der Waals surface area (Å²) in [4.78, 5) is 12.6. The number of carboxylic acid groups (broad SMARTS) is 1. The topological polar surface area (TPSA) is 137 Å². The normalized spacial score (nSPS) is 48.6. The fourth-order valence-electron chi connectivity index (χ4n) is 10.4. The van der Waals surface area contributed by atoms with Gasteiger partial charge in [-0.05, 0) is 105 Å². The van der Waals surface area contributed by atoms with E-state index in [2.05, 4.69) is 47.3 Å². The van der Waals surface area contributed by atoms with E-state index in [1.165, 1.54) is 5.57 Å². The van der Waals surface area contributed by atoms with Crippen molar-refractivity contribution in [2.24, 2.45) is 52.3 Å². The number of hydrogen-bond donors (Lipinski definition) is 5. The molecule has 0 aromatic rings. The number of carbonyl (C=O) groups is 1. The SMILES string of the molecule is C=C(CC[C@@H](C(=O)O)[C@H]1CC[C@H]2C3=CC[C@H]4[C@H](C)[C@@H](O[C@@H]5O[C@@H](C)[C@H](O)[C@@H](O)[C@@H]5O)[C@H](O)C[C@]4(C)[C@H]3CC[C@]12C)C(C)C. The average molecular weight is 605 g/mol. The Morgan fingerprint density at radius 2 is 1.72 bits per heavy atom. The molecule has 8 heteroatoms. The van der Waals surface area contributed by atoms with Crippen LogP contribution in [0.2, 0.25) is 0 Å². The molecule has 0 unspecified atom stereocenters. The first-order chi connectivity index (χ1) is 20.1. The van der Waals surface area contributed by atoms with E-state index in [0.717, 1.165) is 44.1 Å². The molecular formula is C35H56O8. The van der Waals surface area contributed by atoms with E-state index < -0.39 is 48.9 Å². The lowest BCUT2D eigenvalue weighted by atomic mass is 9.46.